The van der Waals surface area contributed by atoms with Crippen molar-refractivity contribution in [2.24, 2.45) is 0 Å². The van der Waals surface area contributed by atoms with E-state index < -0.39 is 16.1 Å². The third-order valence-corrected chi connectivity index (χ3v) is 3.15. The molecule has 0 amide bonds. The Hall–Kier alpha value is -0.980. The first kappa shape index (κ1) is 11.1. The van der Waals surface area contributed by atoms with Crippen molar-refractivity contribution < 1.29 is 13.5 Å². The van der Waals surface area contributed by atoms with Crippen molar-refractivity contribution in [2.45, 2.75) is 17.9 Å². The number of aliphatic hydroxyl groups is 1. The van der Waals surface area contributed by atoms with Crippen molar-refractivity contribution in [2.75, 3.05) is 6.61 Å². The fourth-order valence-corrected chi connectivity index (χ4v) is 2.07. The molecule has 1 rings (SSSR count). The van der Waals surface area contributed by atoms with Gasteiger partial charge in [0.25, 0.3) is 0 Å². The molecule has 5 nitrogen and oxygen atoms in total. The molecule has 0 aliphatic heterocycles. The topological polar surface area (TPSA) is 79.3 Å². The van der Waals surface area contributed by atoms with Crippen molar-refractivity contribution in [3.63, 3.8) is 0 Å². The van der Waals surface area contributed by atoms with E-state index in [-0.39, 0.29) is 11.5 Å². The summed E-state index contributed by atoms with van der Waals surface area (Å²) in [6.45, 7) is 1.34. The molecule has 1 atom stereocenters. The predicted molar refractivity (Wildman–Crippen MR) is 51.1 cm³/mol. The molecule has 0 aromatic carbocycles. The molecule has 0 fully saturated rings. The van der Waals surface area contributed by atoms with Crippen molar-refractivity contribution in [1.82, 2.24) is 9.71 Å². The summed E-state index contributed by atoms with van der Waals surface area (Å²) in [5, 5.41) is 8.70. The first-order valence-corrected chi connectivity index (χ1v) is 5.58. The van der Waals surface area contributed by atoms with Gasteiger partial charge in [-0.1, -0.05) is 0 Å². The van der Waals surface area contributed by atoms with E-state index in [9.17, 15) is 8.42 Å². The fraction of sp³-hybridized carbons (Fsp3) is 0.375. The second kappa shape index (κ2) is 4.50. The normalized spacial score (nSPS) is 13.9. The van der Waals surface area contributed by atoms with E-state index in [1.807, 2.05) is 0 Å². The molecule has 0 saturated carbocycles. The fourth-order valence-electron chi connectivity index (χ4n) is 0.876. The zero-order valence-electron chi connectivity index (χ0n) is 7.71. The molecule has 0 aliphatic carbocycles. The van der Waals surface area contributed by atoms with Crippen molar-refractivity contribution in [3.05, 3.63) is 24.5 Å². The number of aromatic nitrogens is 1. The van der Waals surface area contributed by atoms with Crippen LogP contribution >= 0.6 is 0 Å². The number of nitrogens with zero attached hydrogens (tertiary/aromatic N) is 1. The maximum Gasteiger partial charge on any atom is 0.242 e. The molecular formula is C8H12N2O3S. The molecule has 1 aromatic heterocycles. The summed E-state index contributed by atoms with van der Waals surface area (Å²) < 4.78 is 25.4. The number of nitrogens with one attached hydrogen (secondary N) is 1. The minimum Gasteiger partial charge on any atom is -0.395 e. The van der Waals surface area contributed by atoms with E-state index in [0.29, 0.717) is 0 Å². The third kappa shape index (κ3) is 2.76. The summed E-state index contributed by atoms with van der Waals surface area (Å²) in [7, 11) is -3.54. The van der Waals surface area contributed by atoms with Gasteiger partial charge in [-0.05, 0) is 19.1 Å². The van der Waals surface area contributed by atoms with Crippen LogP contribution in [0.3, 0.4) is 0 Å². The zero-order chi connectivity index (χ0) is 10.6. The van der Waals surface area contributed by atoms with Crippen LogP contribution in [0.25, 0.3) is 0 Å². The van der Waals surface area contributed by atoms with Crippen LogP contribution in [-0.4, -0.2) is 31.2 Å². The van der Waals surface area contributed by atoms with Gasteiger partial charge in [0.1, 0.15) is 4.90 Å². The lowest BCUT2D eigenvalue weighted by molar-refractivity contribution is 0.265. The molecule has 0 aliphatic rings. The highest BCUT2D eigenvalue weighted by Crippen LogP contribution is 2.05. The monoisotopic (exact) mass is 216 g/mol. The van der Waals surface area contributed by atoms with Crippen LogP contribution in [-0.2, 0) is 10.0 Å². The van der Waals surface area contributed by atoms with Crippen LogP contribution < -0.4 is 4.72 Å². The van der Waals surface area contributed by atoms with Crippen molar-refractivity contribution in [1.29, 1.82) is 0 Å². The first-order valence-electron chi connectivity index (χ1n) is 4.09. The average Bonchev–Trinajstić information content (AvgIpc) is 2.18. The maximum absolute atomic E-state index is 11.5. The van der Waals surface area contributed by atoms with Gasteiger partial charge in [-0.2, -0.15) is 0 Å². The SMILES string of the molecule is C[C@H](CO)NS(=O)(=O)c1cccnc1. The van der Waals surface area contributed by atoms with Crippen LogP contribution in [0.4, 0.5) is 0 Å². The summed E-state index contributed by atoms with van der Waals surface area (Å²) in [4.78, 5) is 3.80. The molecule has 2 N–H and O–H groups in total. The highest BCUT2D eigenvalue weighted by atomic mass is 32.2. The second-order valence-corrected chi connectivity index (χ2v) is 4.61. The van der Waals surface area contributed by atoms with Gasteiger partial charge in [0.2, 0.25) is 10.0 Å². The zero-order valence-corrected chi connectivity index (χ0v) is 8.53. The molecule has 0 saturated heterocycles. The lowest BCUT2D eigenvalue weighted by Crippen LogP contribution is -2.35. The molecule has 1 heterocycles. The Morgan fingerprint density at radius 2 is 2.36 bits per heavy atom. The molecule has 0 bridgehead atoms. The Bertz CT molecular complexity index is 377. The minimum absolute atomic E-state index is 0.0975. The number of hydrogen-bond donors (Lipinski definition) is 2. The largest absolute Gasteiger partial charge is 0.395 e. The van der Waals surface area contributed by atoms with E-state index in [0.717, 1.165) is 0 Å². The molecule has 78 valence electrons. The van der Waals surface area contributed by atoms with Crippen LogP contribution in [0.2, 0.25) is 0 Å². The lowest BCUT2D eigenvalue weighted by atomic mass is 10.4. The van der Waals surface area contributed by atoms with Gasteiger partial charge in [0.05, 0.1) is 6.61 Å². The van der Waals surface area contributed by atoms with Gasteiger partial charge in [-0.25, -0.2) is 13.1 Å². The van der Waals surface area contributed by atoms with Crippen LogP contribution in [0, 0.1) is 0 Å². The number of sulfonamides is 1. The Balaban J connectivity index is 2.87. The summed E-state index contributed by atoms with van der Waals surface area (Å²) in [6, 6.07) is 2.48. The van der Waals surface area contributed by atoms with Crippen molar-refractivity contribution >= 4 is 10.0 Å². The Kier molecular flexibility index (Phi) is 3.56. The Morgan fingerprint density at radius 1 is 1.64 bits per heavy atom. The summed E-state index contributed by atoms with van der Waals surface area (Å²) in [5.74, 6) is 0. The number of pyridine rings is 1. The molecule has 0 spiro atoms. The minimum atomic E-state index is -3.54. The van der Waals surface area contributed by atoms with Gasteiger partial charge < -0.3 is 5.11 Å². The standard InChI is InChI=1S/C8H12N2O3S/c1-7(6-11)10-14(12,13)8-3-2-4-9-5-8/h2-5,7,10-11H,6H2,1H3/t7-/m1/s1. The Labute approximate surface area is 82.9 Å². The van der Waals surface area contributed by atoms with Crippen LogP contribution in [0.1, 0.15) is 6.92 Å². The van der Waals surface area contributed by atoms with E-state index in [1.165, 1.54) is 24.5 Å². The highest BCUT2D eigenvalue weighted by molar-refractivity contribution is 7.89. The van der Waals surface area contributed by atoms with Gasteiger partial charge in [0, 0.05) is 18.4 Å². The van der Waals surface area contributed by atoms with E-state index in [4.69, 9.17) is 5.11 Å². The number of hydrogen-bond acceptors (Lipinski definition) is 4. The molecule has 0 radical (unpaired) electrons. The quantitative estimate of drug-likeness (QED) is 0.726. The van der Waals surface area contributed by atoms with E-state index in [2.05, 4.69) is 9.71 Å². The van der Waals surface area contributed by atoms with Gasteiger partial charge >= 0.3 is 0 Å². The summed E-state index contributed by atoms with van der Waals surface area (Å²) in [6.07, 6.45) is 2.75. The summed E-state index contributed by atoms with van der Waals surface area (Å²) in [5.41, 5.74) is 0. The average molecular weight is 216 g/mol. The van der Waals surface area contributed by atoms with Gasteiger partial charge in [-0.3, -0.25) is 4.98 Å². The predicted octanol–water partition coefficient (Wildman–Crippen LogP) is -0.259. The molecule has 14 heavy (non-hydrogen) atoms. The van der Waals surface area contributed by atoms with Gasteiger partial charge in [0.15, 0.2) is 0 Å². The van der Waals surface area contributed by atoms with Crippen LogP contribution in [0.15, 0.2) is 29.4 Å². The molecule has 6 heteroatoms. The van der Waals surface area contributed by atoms with Crippen molar-refractivity contribution in [3.8, 4) is 0 Å². The number of rotatable bonds is 4. The highest BCUT2D eigenvalue weighted by Gasteiger charge is 2.16. The smallest absolute Gasteiger partial charge is 0.242 e. The Morgan fingerprint density at radius 3 is 2.86 bits per heavy atom. The molecule has 1 aromatic rings. The van der Waals surface area contributed by atoms with Crippen LogP contribution in [0.5, 0.6) is 0 Å². The van der Waals surface area contributed by atoms with Gasteiger partial charge in [-0.15, -0.1) is 0 Å². The van der Waals surface area contributed by atoms with E-state index >= 15 is 0 Å². The first-order chi connectivity index (χ1) is 6.56. The number of aliphatic hydroxyl groups excluding tert-OH is 1. The second-order valence-electron chi connectivity index (χ2n) is 2.89. The lowest BCUT2D eigenvalue weighted by Gasteiger charge is -2.10. The summed E-state index contributed by atoms with van der Waals surface area (Å²) >= 11 is 0. The molecular weight excluding hydrogens is 204 g/mol. The van der Waals surface area contributed by atoms with E-state index in [1.54, 1.807) is 6.92 Å². The third-order valence-electron chi connectivity index (χ3n) is 1.57. The maximum atomic E-state index is 11.5. The molecule has 0 unspecified atom stereocenters.